The molecule has 2 heterocycles. The maximum absolute atomic E-state index is 12.7. The van der Waals surface area contributed by atoms with Gasteiger partial charge in [-0.3, -0.25) is 4.79 Å². The second-order valence-corrected chi connectivity index (χ2v) is 5.84. The zero-order valence-corrected chi connectivity index (χ0v) is 13.2. The van der Waals surface area contributed by atoms with E-state index in [1.807, 2.05) is 17.0 Å². The second kappa shape index (κ2) is 6.55. The third kappa shape index (κ3) is 3.03. The number of hydrogen-bond acceptors (Lipinski definition) is 3. The molecule has 1 amide bonds. The summed E-state index contributed by atoms with van der Waals surface area (Å²) in [5.74, 6) is 1.62. The van der Waals surface area contributed by atoms with Crippen LogP contribution in [-0.2, 0) is 11.3 Å². The summed E-state index contributed by atoms with van der Waals surface area (Å²) in [5, 5.41) is 0.629. The van der Waals surface area contributed by atoms with Crippen LogP contribution in [0.25, 0.3) is 0 Å². The number of carbonyl (C=O) groups is 1. The number of rotatable bonds is 4. The molecule has 1 atom stereocenters. The van der Waals surface area contributed by atoms with Crippen LogP contribution in [0.4, 0.5) is 0 Å². The van der Waals surface area contributed by atoms with Crippen LogP contribution in [0.3, 0.4) is 0 Å². The van der Waals surface area contributed by atoms with E-state index in [4.69, 9.17) is 20.8 Å². The largest absolute Gasteiger partial charge is 0.461 e. The van der Waals surface area contributed by atoms with Crippen LogP contribution in [0.2, 0.25) is 5.02 Å². The maximum atomic E-state index is 12.7. The van der Waals surface area contributed by atoms with E-state index in [9.17, 15) is 4.79 Å². The quantitative estimate of drug-likeness (QED) is 0.853. The summed E-state index contributed by atoms with van der Waals surface area (Å²) in [6.45, 7) is 1.18. The fourth-order valence-electron chi connectivity index (χ4n) is 2.86. The number of benzene rings is 1. The number of ether oxygens (including phenoxy) is 1. The molecule has 116 valence electrons. The van der Waals surface area contributed by atoms with Crippen LogP contribution < -0.4 is 0 Å². The molecule has 1 aliphatic heterocycles. The minimum absolute atomic E-state index is 0.00576. The second-order valence-electron chi connectivity index (χ2n) is 5.40. The van der Waals surface area contributed by atoms with Gasteiger partial charge in [-0.15, -0.1) is 0 Å². The van der Waals surface area contributed by atoms with E-state index in [0.717, 1.165) is 30.9 Å². The molecule has 1 aliphatic rings. The zero-order valence-electron chi connectivity index (χ0n) is 12.4. The first kappa shape index (κ1) is 15.1. The summed E-state index contributed by atoms with van der Waals surface area (Å²) < 4.78 is 10.9. The lowest BCUT2D eigenvalue weighted by molar-refractivity contribution is 0.0716. The first-order valence-electron chi connectivity index (χ1n) is 7.33. The molecule has 1 aromatic heterocycles. The van der Waals surface area contributed by atoms with Crippen LogP contribution in [0.1, 0.15) is 40.8 Å². The van der Waals surface area contributed by atoms with Crippen molar-refractivity contribution in [1.29, 1.82) is 0 Å². The SMILES string of the molecule is COCc1ccc([C@@H]2CCCN2C(=O)c2ccc(Cl)cc2)o1. The van der Waals surface area contributed by atoms with E-state index < -0.39 is 0 Å². The van der Waals surface area contributed by atoms with Crippen molar-refractivity contribution in [3.8, 4) is 0 Å². The highest BCUT2D eigenvalue weighted by atomic mass is 35.5. The van der Waals surface area contributed by atoms with Gasteiger partial charge in [0.05, 0.1) is 6.04 Å². The van der Waals surface area contributed by atoms with Crippen LogP contribution in [0, 0.1) is 0 Å². The number of halogens is 1. The Kier molecular flexibility index (Phi) is 4.50. The Morgan fingerprint density at radius 3 is 2.82 bits per heavy atom. The van der Waals surface area contributed by atoms with Crippen molar-refractivity contribution in [2.75, 3.05) is 13.7 Å². The molecule has 1 fully saturated rings. The standard InChI is InChI=1S/C17H18ClNO3/c1-21-11-14-8-9-16(22-14)15-3-2-10-19(15)17(20)12-4-6-13(18)7-5-12/h4-9,15H,2-3,10-11H2,1H3/t15-/m0/s1. The molecule has 0 N–H and O–H groups in total. The summed E-state index contributed by atoms with van der Waals surface area (Å²) >= 11 is 5.88. The van der Waals surface area contributed by atoms with E-state index in [-0.39, 0.29) is 11.9 Å². The van der Waals surface area contributed by atoms with Gasteiger partial charge in [0.15, 0.2) is 0 Å². The normalized spacial score (nSPS) is 17.9. The van der Waals surface area contributed by atoms with Crippen molar-refractivity contribution in [1.82, 2.24) is 4.90 Å². The number of carbonyl (C=O) groups excluding carboxylic acids is 1. The van der Waals surface area contributed by atoms with Crippen LogP contribution in [-0.4, -0.2) is 24.5 Å². The maximum Gasteiger partial charge on any atom is 0.254 e. The molecule has 1 saturated heterocycles. The van der Waals surface area contributed by atoms with Gasteiger partial charge in [0.2, 0.25) is 0 Å². The first-order chi connectivity index (χ1) is 10.7. The van der Waals surface area contributed by atoms with Crippen molar-refractivity contribution in [3.63, 3.8) is 0 Å². The Morgan fingerprint density at radius 2 is 2.09 bits per heavy atom. The van der Waals surface area contributed by atoms with Crippen molar-refractivity contribution in [2.45, 2.75) is 25.5 Å². The molecule has 4 nitrogen and oxygen atoms in total. The number of methoxy groups -OCH3 is 1. The highest BCUT2D eigenvalue weighted by molar-refractivity contribution is 6.30. The predicted molar refractivity (Wildman–Crippen MR) is 83.9 cm³/mol. The number of likely N-dealkylation sites (tertiary alicyclic amines) is 1. The minimum atomic E-state index is -0.00576. The van der Waals surface area contributed by atoms with Gasteiger partial charge in [-0.05, 0) is 49.2 Å². The lowest BCUT2D eigenvalue weighted by Crippen LogP contribution is -2.30. The summed E-state index contributed by atoms with van der Waals surface area (Å²) in [7, 11) is 1.63. The molecule has 0 spiro atoms. The van der Waals surface area contributed by atoms with Gasteiger partial charge in [-0.1, -0.05) is 11.6 Å². The summed E-state index contributed by atoms with van der Waals surface area (Å²) in [5.41, 5.74) is 0.653. The van der Waals surface area contributed by atoms with Gasteiger partial charge in [-0.25, -0.2) is 0 Å². The number of hydrogen-bond donors (Lipinski definition) is 0. The first-order valence-corrected chi connectivity index (χ1v) is 7.71. The molecule has 5 heteroatoms. The van der Waals surface area contributed by atoms with E-state index in [2.05, 4.69) is 0 Å². The fraction of sp³-hybridized carbons (Fsp3) is 0.353. The van der Waals surface area contributed by atoms with Gasteiger partial charge in [0.25, 0.3) is 5.91 Å². The zero-order chi connectivity index (χ0) is 15.5. The molecule has 2 aromatic rings. The number of furan rings is 1. The lowest BCUT2D eigenvalue weighted by Gasteiger charge is -2.23. The Balaban J connectivity index is 1.79. The third-order valence-corrected chi connectivity index (χ3v) is 4.15. The van der Waals surface area contributed by atoms with E-state index >= 15 is 0 Å². The Hall–Kier alpha value is -1.78. The van der Waals surface area contributed by atoms with E-state index in [1.165, 1.54) is 0 Å². The Morgan fingerprint density at radius 1 is 1.32 bits per heavy atom. The molecule has 0 bridgehead atoms. The molecular formula is C17H18ClNO3. The average Bonchev–Trinajstić information content (AvgIpc) is 3.16. The molecule has 22 heavy (non-hydrogen) atoms. The van der Waals surface area contributed by atoms with Gasteiger partial charge >= 0.3 is 0 Å². The van der Waals surface area contributed by atoms with Crippen LogP contribution in [0.15, 0.2) is 40.8 Å². The average molecular weight is 320 g/mol. The Bertz CT molecular complexity index is 650. The van der Waals surface area contributed by atoms with Gasteiger partial charge in [0, 0.05) is 24.2 Å². The number of nitrogens with zero attached hydrogens (tertiary/aromatic N) is 1. The summed E-state index contributed by atoms with van der Waals surface area (Å²) in [6.07, 6.45) is 1.89. The summed E-state index contributed by atoms with van der Waals surface area (Å²) in [6, 6.07) is 10.8. The van der Waals surface area contributed by atoms with Gasteiger partial charge < -0.3 is 14.1 Å². The van der Waals surface area contributed by atoms with Crippen LogP contribution in [0.5, 0.6) is 0 Å². The molecule has 0 unspecified atom stereocenters. The third-order valence-electron chi connectivity index (χ3n) is 3.90. The minimum Gasteiger partial charge on any atom is -0.461 e. The lowest BCUT2D eigenvalue weighted by atomic mass is 10.1. The molecule has 0 aliphatic carbocycles. The van der Waals surface area contributed by atoms with E-state index in [0.29, 0.717) is 17.2 Å². The smallest absolute Gasteiger partial charge is 0.254 e. The molecule has 0 saturated carbocycles. The van der Waals surface area contributed by atoms with Crippen LogP contribution >= 0.6 is 11.6 Å². The van der Waals surface area contributed by atoms with Gasteiger partial charge in [0.1, 0.15) is 18.1 Å². The van der Waals surface area contributed by atoms with Crippen molar-refractivity contribution in [3.05, 3.63) is 58.5 Å². The monoisotopic (exact) mass is 319 g/mol. The fourth-order valence-corrected chi connectivity index (χ4v) is 2.98. The topological polar surface area (TPSA) is 42.7 Å². The summed E-state index contributed by atoms with van der Waals surface area (Å²) in [4.78, 5) is 14.6. The molecular weight excluding hydrogens is 302 g/mol. The highest BCUT2D eigenvalue weighted by Gasteiger charge is 2.32. The van der Waals surface area contributed by atoms with Crippen molar-refractivity contribution < 1.29 is 13.9 Å². The molecule has 0 radical (unpaired) electrons. The van der Waals surface area contributed by atoms with Gasteiger partial charge in [-0.2, -0.15) is 0 Å². The Labute approximate surface area is 134 Å². The molecule has 3 rings (SSSR count). The molecule has 1 aromatic carbocycles. The van der Waals surface area contributed by atoms with E-state index in [1.54, 1.807) is 31.4 Å². The van der Waals surface area contributed by atoms with Crippen molar-refractivity contribution in [2.24, 2.45) is 0 Å². The number of amides is 1. The predicted octanol–water partition coefficient (Wildman–Crippen LogP) is 4.06. The van der Waals surface area contributed by atoms with Crippen molar-refractivity contribution >= 4 is 17.5 Å². The highest BCUT2D eigenvalue weighted by Crippen LogP contribution is 2.34.